The highest BCUT2D eigenvalue weighted by molar-refractivity contribution is 7.99. The Morgan fingerprint density at radius 3 is 3.07 bits per heavy atom. The molecule has 1 aliphatic rings. The molecule has 0 saturated carbocycles. The van der Waals surface area contributed by atoms with Crippen LogP contribution in [0.5, 0.6) is 0 Å². The summed E-state index contributed by atoms with van der Waals surface area (Å²) in [5.74, 6) is 1.92. The number of fused-ring (bicyclic) bond motifs is 1. The zero-order chi connectivity index (χ0) is 9.97. The number of benzene rings is 1. The molecule has 0 radical (unpaired) electrons. The first-order valence-corrected chi connectivity index (χ1v) is 6.26. The molecule has 0 aromatic heterocycles. The molecule has 0 fully saturated rings. The second-order valence-corrected chi connectivity index (χ2v) is 4.86. The monoisotopic (exact) mass is 207 g/mol. The summed E-state index contributed by atoms with van der Waals surface area (Å²) in [5.41, 5.74) is 1.53. The smallest absolute Gasteiger partial charge is 0.0116 e. The van der Waals surface area contributed by atoms with Crippen LogP contribution >= 0.6 is 11.8 Å². The summed E-state index contributed by atoms with van der Waals surface area (Å²) in [7, 11) is 0. The van der Waals surface area contributed by atoms with Crippen LogP contribution in [0.3, 0.4) is 0 Å². The van der Waals surface area contributed by atoms with E-state index in [9.17, 15) is 0 Å². The predicted octanol–water partition coefficient (Wildman–Crippen LogP) is 2.87. The van der Waals surface area contributed by atoms with Crippen molar-refractivity contribution in [1.29, 1.82) is 0 Å². The average Bonchev–Trinajstić information content (AvgIpc) is 2.61. The minimum Gasteiger partial charge on any atom is -0.314 e. The quantitative estimate of drug-likeness (QED) is 0.818. The maximum atomic E-state index is 3.51. The zero-order valence-corrected chi connectivity index (χ0v) is 9.60. The minimum atomic E-state index is 0.594. The molecule has 2 rings (SSSR count). The van der Waals surface area contributed by atoms with Gasteiger partial charge in [0.05, 0.1) is 0 Å². The lowest BCUT2D eigenvalue weighted by atomic mass is 9.94. The van der Waals surface area contributed by atoms with Gasteiger partial charge in [-0.05, 0) is 25.1 Å². The van der Waals surface area contributed by atoms with E-state index in [1.165, 1.54) is 16.2 Å². The van der Waals surface area contributed by atoms with E-state index in [0.29, 0.717) is 12.0 Å². The van der Waals surface area contributed by atoms with E-state index in [1.807, 2.05) is 11.8 Å². The number of likely N-dealkylation sites (N-methyl/N-ethyl adjacent to an activating group) is 1. The van der Waals surface area contributed by atoms with E-state index in [1.54, 1.807) is 0 Å². The first-order chi connectivity index (χ1) is 6.83. The van der Waals surface area contributed by atoms with Gasteiger partial charge in [-0.15, -0.1) is 11.8 Å². The fourth-order valence-corrected chi connectivity index (χ4v) is 3.45. The highest BCUT2D eigenvalue weighted by atomic mass is 32.2. The number of rotatable bonds is 3. The SMILES string of the molecule is CCNC(C)C1CSc2ccccc21. The Balaban J connectivity index is 2.17. The molecule has 76 valence electrons. The fourth-order valence-electron chi connectivity index (χ4n) is 2.07. The molecule has 0 amide bonds. The number of nitrogens with one attached hydrogen (secondary N) is 1. The van der Waals surface area contributed by atoms with E-state index >= 15 is 0 Å². The van der Waals surface area contributed by atoms with Gasteiger partial charge in [-0.3, -0.25) is 0 Å². The van der Waals surface area contributed by atoms with Crippen molar-refractivity contribution in [3.8, 4) is 0 Å². The molecule has 1 aromatic carbocycles. The second-order valence-electron chi connectivity index (χ2n) is 3.80. The first-order valence-electron chi connectivity index (χ1n) is 5.28. The molecule has 0 aliphatic carbocycles. The Morgan fingerprint density at radius 2 is 2.29 bits per heavy atom. The van der Waals surface area contributed by atoms with Crippen LogP contribution in [0.4, 0.5) is 0 Å². The van der Waals surface area contributed by atoms with Gasteiger partial charge in [-0.1, -0.05) is 25.1 Å². The molecule has 2 atom stereocenters. The topological polar surface area (TPSA) is 12.0 Å². The largest absolute Gasteiger partial charge is 0.314 e. The molecular weight excluding hydrogens is 190 g/mol. The van der Waals surface area contributed by atoms with Crippen LogP contribution in [0.15, 0.2) is 29.2 Å². The zero-order valence-electron chi connectivity index (χ0n) is 8.79. The summed E-state index contributed by atoms with van der Waals surface area (Å²) in [6, 6.07) is 9.38. The summed E-state index contributed by atoms with van der Waals surface area (Å²) in [6.07, 6.45) is 0. The van der Waals surface area contributed by atoms with Crippen molar-refractivity contribution in [3.05, 3.63) is 29.8 Å². The molecule has 1 aliphatic heterocycles. The van der Waals surface area contributed by atoms with Crippen molar-refractivity contribution in [2.75, 3.05) is 12.3 Å². The van der Waals surface area contributed by atoms with E-state index in [2.05, 4.69) is 43.4 Å². The average molecular weight is 207 g/mol. The van der Waals surface area contributed by atoms with Gasteiger partial charge in [0, 0.05) is 22.6 Å². The van der Waals surface area contributed by atoms with Gasteiger partial charge in [0.1, 0.15) is 0 Å². The number of hydrogen-bond donors (Lipinski definition) is 1. The van der Waals surface area contributed by atoms with Gasteiger partial charge >= 0.3 is 0 Å². The summed E-state index contributed by atoms with van der Waals surface area (Å²) in [5, 5.41) is 3.51. The third-order valence-corrected chi connectivity index (χ3v) is 4.08. The third kappa shape index (κ3) is 1.82. The van der Waals surface area contributed by atoms with Crippen molar-refractivity contribution >= 4 is 11.8 Å². The molecule has 14 heavy (non-hydrogen) atoms. The molecule has 2 heteroatoms. The van der Waals surface area contributed by atoms with Gasteiger partial charge in [0.15, 0.2) is 0 Å². The minimum absolute atomic E-state index is 0.594. The van der Waals surface area contributed by atoms with Gasteiger partial charge in [0.25, 0.3) is 0 Å². The van der Waals surface area contributed by atoms with Crippen molar-refractivity contribution < 1.29 is 0 Å². The number of thioether (sulfide) groups is 1. The molecular formula is C12H17NS. The van der Waals surface area contributed by atoms with E-state index in [4.69, 9.17) is 0 Å². The van der Waals surface area contributed by atoms with Crippen LogP contribution in [0.25, 0.3) is 0 Å². The normalized spacial score (nSPS) is 22.0. The molecule has 1 nitrogen and oxygen atoms in total. The molecule has 0 bridgehead atoms. The summed E-state index contributed by atoms with van der Waals surface area (Å²) >= 11 is 1.99. The van der Waals surface area contributed by atoms with Crippen LogP contribution < -0.4 is 5.32 Å². The van der Waals surface area contributed by atoms with Gasteiger partial charge < -0.3 is 5.32 Å². The fraction of sp³-hybridized carbons (Fsp3) is 0.500. The van der Waals surface area contributed by atoms with E-state index < -0.39 is 0 Å². The van der Waals surface area contributed by atoms with Crippen LogP contribution in [-0.4, -0.2) is 18.3 Å². The molecule has 1 N–H and O–H groups in total. The van der Waals surface area contributed by atoms with E-state index in [0.717, 1.165) is 6.54 Å². The first kappa shape index (κ1) is 10.1. The third-order valence-electron chi connectivity index (χ3n) is 2.87. The molecule has 0 spiro atoms. The maximum Gasteiger partial charge on any atom is 0.0116 e. The van der Waals surface area contributed by atoms with Crippen LogP contribution in [0, 0.1) is 0 Å². The van der Waals surface area contributed by atoms with Crippen molar-refractivity contribution in [3.63, 3.8) is 0 Å². The van der Waals surface area contributed by atoms with Crippen LogP contribution in [-0.2, 0) is 0 Å². The standard InChI is InChI=1S/C12H17NS/c1-3-13-9(2)11-8-14-12-7-5-4-6-10(11)12/h4-7,9,11,13H,3,8H2,1-2H3. The Morgan fingerprint density at radius 1 is 1.50 bits per heavy atom. The summed E-state index contributed by atoms with van der Waals surface area (Å²) in [6.45, 7) is 5.52. The molecule has 1 aromatic rings. The van der Waals surface area contributed by atoms with E-state index in [-0.39, 0.29) is 0 Å². The van der Waals surface area contributed by atoms with Crippen molar-refractivity contribution in [1.82, 2.24) is 5.32 Å². The molecule has 1 heterocycles. The predicted molar refractivity (Wildman–Crippen MR) is 63.0 cm³/mol. The van der Waals surface area contributed by atoms with Crippen LogP contribution in [0.2, 0.25) is 0 Å². The van der Waals surface area contributed by atoms with Gasteiger partial charge in [-0.2, -0.15) is 0 Å². The maximum absolute atomic E-state index is 3.51. The van der Waals surface area contributed by atoms with Crippen LogP contribution in [0.1, 0.15) is 25.3 Å². The molecule has 0 saturated heterocycles. The lowest BCUT2D eigenvalue weighted by molar-refractivity contribution is 0.501. The van der Waals surface area contributed by atoms with Crippen molar-refractivity contribution in [2.24, 2.45) is 0 Å². The Bertz CT molecular complexity index is 311. The van der Waals surface area contributed by atoms with Gasteiger partial charge in [-0.25, -0.2) is 0 Å². The van der Waals surface area contributed by atoms with Crippen molar-refractivity contribution in [2.45, 2.75) is 30.7 Å². The highest BCUT2D eigenvalue weighted by Gasteiger charge is 2.26. The Kier molecular flexibility index (Phi) is 3.14. The Labute approximate surface area is 90.3 Å². The summed E-state index contributed by atoms with van der Waals surface area (Å²) < 4.78 is 0. The lowest BCUT2D eigenvalue weighted by Crippen LogP contribution is -2.32. The lowest BCUT2D eigenvalue weighted by Gasteiger charge is -2.20. The highest BCUT2D eigenvalue weighted by Crippen LogP contribution is 2.40. The molecule has 2 unspecified atom stereocenters. The Hall–Kier alpha value is -0.470. The summed E-state index contributed by atoms with van der Waals surface area (Å²) in [4.78, 5) is 1.47. The number of hydrogen-bond acceptors (Lipinski definition) is 2. The van der Waals surface area contributed by atoms with Gasteiger partial charge in [0.2, 0.25) is 0 Å². The second kappa shape index (κ2) is 4.37.